The second-order valence-electron chi connectivity index (χ2n) is 3.57. The number of carbonyl (C=O) groups excluding carboxylic acids is 1. The zero-order chi connectivity index (χ0) is 12.3. The van der Waals surface area contributed by atoms with Crippen molar-refractivity contribution in [1.29, 1.82) is 0 Å². The van der Waals surface area contributed by atoms with Gasteiger partial charge in [-0.05, 0) is 24.6 Å². The van der Waals surface area contributed by atoms with Crippen molar-refractivity contribution in [2.24, 2.45) is 0 Å². The Hall–Kier alpha value is -2.44. The lowest BCUT2D eigenvalue weighted by molar-refractivity contribution is -0.115. The minimum Gasteiger partial charge on any atom is -0.506 e. The SMILES string of the molecule is Cc1ccc(O)c(NC(=O)Cc2nn[nH]n2)c1. The molecule has 0 saturated carbocycles. The molecule has 0 fully saturated rings. The first-order valence-electron chi connectivity index (χ1n) is 4.97. The summed E-state index contributed by atoms with van der Waals surface area (Å²) in [5, 5.41) is 25.1. The van der Waals surface area contributed by atoms with Crippen molar-refractivity contribution in [3.63, 3.8) is 0 Å². The number of rotatable bonds is 3. The van der Waals surface area contributed by atoms with Crippen LogP contribution in [0, 0.1) is 6.92 Å². The van der Waals surface area contributed by atoms with Crippen LogP contribution in [0.5, 0.6) is 5.75 Å². The number of nitrogens with zero attached hydrogens (tertiary/aromatic N) is 3. The molecule has 2 rings (SSSR count). The zero-order valence-electron chi connectivity index (χ0n) is 9.14. The van der Waals surface area contributed by atoms with Crippen LogP contribution in [-0.2, 0) is 11.2 Å². The van der Waals surface area contributed by atoms with E-state index in [1.807, 2.05) is 6.92 Å². The molecule has 0 radical (unpaired) electrons. The van der Waals surface area contributed by atoms with Crippen molar-refractivity contribution in [1.82, 2.24) is 20.6 Å². The molecule has 1 amide bonds. The average molecular weight is 233 g/mol. The quantitative estimate of drug-likeness (QED) is 0.665. The van der Waals surface area contributed by atoms with E-state index >= 15 is 0 Å². The fourth-order valence-electron chi connectivity index (χ4n) is 1.35. The van der Waals surface area contributed by atoms with Crippen molar-refractivity contribution < 1.29 is 9.90 Å². The number of amides is 1. The molecule has 0 bridgehead atoms. The normalized spacial score (nSPS) is 10.2. The fraction of sp³-hybridized carbons (Fsp3) is 0.200. The number of aromatic hydroxyl groups is 1. The van der Waals surface area contributed by atoms with Gasteiger partial charge in [0.1, 0.15) is 5.75 Å². The van der Waals surface area contributed by atoms with E-state index in [9.17, 15) is 9.90 Å². The number of H-pyrrole nitrogens is 1. The Bertz CT molecular complexity index is 523. The van der Waals surface area contributed by atoms with Gasteiger partial charge in [-0.1, -0.05) is 11.3 Å². The summed E-state index contributed by atoms with van der Waals surface area (Å²) in [7, 11) is 0. The summed E-state index contributed by atoms with van der Waals surface area (Å²) in [6.45, 7) is 1.87. The van der Waals surface area contributed by atoms with Gasteiger partial charge in [0, 0.05) is 0 Å². The molecule has 0 unspecified atom stereocenters. The molecule has 1 heterocycles. The predicted octanol–water partition coefficient (Wildman–Crippen LogP) is 0.395. The maximum absolute atomic E-state index is 11.6. The highest BCUT2D eigenvalue weighted by Crippen LogP contribution is 2.23. The molecule has 3 N–H and O–H groups in total. The van der Waals surface area contributed by atoms with E-state index in [0.29, 0.717) is 11.5 Å². The number of phenolic OH excluding ortho intramolecular Hbond substituents is 1. The fourth-order valence-corrected chi connectivity index (χ4v) is 1.35. The Balaban J connectivity index is 2.05. The van der Waals surface area contributed by atoms with Crippen LogP contribution in [0.15, 0.2) is 18.2 Å². The number of aromatic nitrogens is 4. The van der Waals surface area contributed by atoms with Crippen molar-refractivity contribution in [2.75, 3.05) is 5.32 Å². The molecule has 7 heteroatoms. The molecule has 1 aromatic heterocycles. The van der Waals surface area contributed by atoms with Gasteiger partial charge in [0.2, 0.25) is 5.91 Å². The maximum atomic E-state index is 11.6. The molecule has 1 aromatic carbocycles. The van der Waals surface area contributed by atoms with E-state index in [1.54, 1.807) is 12.1 Å². The number of hydrogen-bond donors (Lipinski definition) is 3. The Morgan fingerprint density at radius 3 is 3.06 bits per heavy atom. The van der Waals surface area contributed by atoms with Gasteiger partial charge < -0.3 is 10.4 Å². The van der Waals surface area contributed by atoms with Gasteiger partial charge in [-0.25, -0.2) is 0 Å². The molecule has 0 aliphatic carbocycles. The molecule has 88 valence electrons. The zero-order valence-corrected chi connectivity index (χ0v) is 9.14. The van der Waals surface area contributed by atoms with Crippen LogP contribution in [0.25, 0.3) is 0 Å². The molecule has 0 saturated heterocycles. The van der Waals surface area contributed by atoms with Crippen molar-refractivity contribution in [3.05, 3.63) is 29.6 Å². The second kappa shape index (κ2) is 4.60. The van der Waals surface area contributed by atoms with Crippen LogP contribution in [0.4, 0.5) is 5.69 Å². The summed E-state index contributed by atoms with van der Waals surface area (Å²) in [5.41, 5.74) is 1.32. The predicted molar refractivity (Wildman–Crippen MR) is 59.4 cm³/mol. The molecule has 0 spiro atoms. The van der Waals surface area contributed by atoms with Crippen LogP contribution < -0.4 is 5.32 Å². The van der Waals surface area contributed by atoms with Crippen LogP contribution in [0.2, 0.25) is 0 Å². The molecular formula is C10H11N5O2. The van der Waals surface area contributed by atoms with E-state index < -0.39 is 0 Å². The molecule has 0 atom stereocenters. The first-order valence-corrected chi connectivity index (χ1v) is 4.97. The summed E-state index contributed by atoms with van der Waals surface area (Å²) >= 11 is 0. The van der Waals surface area contributed by atoms with Crippen molar-refractivity contribution in [2.45, 2.75) is 13.3 Å². The highest BCUT2D eigenvalue weighted by atomic mass is 16.3. The summed E-state index contributed by atoms with van der Waals surface area (Å²) in [5.74, 6) is 0.0130. The number of aryl methyl sites for hydroxylation is 1. The largest absolute Gasteiger partial charge is 0.506 e. The molecule has 7 nitrogen and oxygen atoms in total. The van der Waals surface area contributed by atoms with Crippen LogP contribution in [0.1, 0.15) is 11.4 Å². The van der Waals surface area contributed by atoms with Gasteiger partial charge in [0.05, 0.1) is 12.1 Å². The minimum atomic E-state index is -0.313. The summed E-state index contributed by atoms with van der Waals surface area (Å²) < 4.78 is 0. The minimum absolute atomic E-state index is 0.00385. The number of anilines is 1. The number of aromatic amines is 1. The Kier molecular flexibility index (Phi) is 2.99. The number of hydrogen-bond acceptors (Lipinski definition) is 5. The summed E-state index contributed by atoms with van der Waals surface area (Å²) in [6.07, 6.45) is 0.00385. The van der Waals surface area contributed by atoms with Crippen molar-refractivity contribution in [3.8, 4) is 5.75 Å². The monoisotopic (exact) mass is 233 g/mol. The number of carbonyl (C=O) groups is 1. The number of phenols is 1. The number of benzene rings is 1. The van der Waals surface area contributed by atoms with Gasteiger partial charge >= 0.3 is 0 Å². The smallest absolute Gasteiger partial charge is 0.232 e. The van der Waals surface area contributed by atoms with Gasteiger partial charge in [-0.15, -0.1) is 10.2 Å². The second-order valence-corrected chi connectivity index (χ2v) is 3.57. The lowest BCUT2D eigenvalue weighted by atomic mass is 10.2. The molecule has 2 aromatic rings. The maximum Gasteiger partial charge on any atom is 0.232 e. The molecule has 0 aliphatic rings. The molecular weight excluding hydrogens is 222 g/mol. The third-order valence-corrected chi connectivity index (χ3v) is 2.13. The van der Waals surface area contributed by atoms with Crippen LogP contribution >= 0.6 is 0 Å². The van der Waals surface area contributed by atoms with E-state index in [1.165, 1.54) is 6.07 Å². The molecule has 0 aliphatic heterocycles. The van der Waals surface area contributed by atoms with Crippen molar-refractivity contribution >= 4 is 11.6 Å². The van der Waals surface area contributed by atoms with Gasteiger partial charge in [0.25, 0.3) is 0 Å². The van der Waals surface area contributed by atoms with E-state index in [-0.39, 0.29) is 18.1 Å². The highest BCUT2D eigenvalue weighted by Gasteiger charge is 2.09. The van der Waals surface area contributed by atoms with Gasteiger partial charge in [-0.3, -0.25) is 4.79 Å². The Labute approximate surface area is 96.9 Å². The highest BCUT2D eigenvalue weighted by molar-refractivity contribution is 5.93. The van der Waals surface area contributed by atoms with Gasteiger partial charge in [0.15, 0.2) is 5.82 Å². The van der Waals surface area contributed by atoms with Gasteiger partial charge in [-0.2, -0.15) is 5.21 Å². The molecule has 17 heavy (non-hydrogen) atoms. The topological polar surface area (TPSA) is 104 Å². The number of tetrazole rings is 1. The Morgan fingerprint density at radius 1 is 1.53 bits per heavy atom. The summed E-state index contributed by atoms with van der Waals surface area (Å²) in [6, 6.07) is 4.97. The first-order chi connectivity index (χ1) is 8.15. The van der Waals surface area contributed by atoms with Crippen LogP contribution in [-0.4, -0.2) is 31.6 Å². The lowest BCUT2D eigenvalue weighted by Gasteiger charge is -2.06. The first kappa shape index (κ1) is 11.1. The van der Waals surface area contributed by atoms with E-state index in [0.717, 1.165) is 5.56 Å². The third-order valence-electron chi connectivity index (χ3n) is 2.13. The van der Waals surface area contributed by atoms with E-state index in [2.05, 4.69) is 25.9 Å². The third kappa shape index (κ3) is 2.77. The lowest BCUT2D eigenvalue weighted by Crippen LogP contribution is -2.15. The Morgan fingerprint density at radius 2 is 2.35 bits per heavy atom. The van der Waals surface area contributed by atoms with E-state index in [4.69, 9.17) is 0 Å². The summed E-state index contributed by atoms with van der Waals surface area (Å²) in [4.78, 5) is 11.6. The average Bonchev–Trinajstić information content (AvgIpc) is 2.76. The standard InChI is InChI=1S/C10H11N5O2/c1-6-2-3-8(16)7(4-6)11-10(17)5-9-12-14-15-13-9/h2-4,16H,5H2,1H3,(H,11,17)(H,12,13,14,15). The number of nitrogens with one attached hydrogen (secondary N) is 2. The van der Waals surface area contributed by atoms with Crippen LogP contribution in [0.3, 0.4) is 0 Å².